The van der Waals surface area contributed by atoms with Gasteiger partial charge in [-0.3, -0.25) is 0 Å². The zero-order chi connectivity index (χ0) is 13.6. The molecule has 0 amide bonds. The molecule has 1 aromatic rings. The highest BCUT2D eigenvalue weighted by Crippen LogP contribution is 2.36. The summed E-state index contributed by atoms with van der Waals surface area (Å²) < 4.78 is 26.5. The van der Waals surface area contributed by atoms with Crippen molar-refractivity contribution in [3.63, 3.8) is 0 Å². The standard InChI is InChI=1S/C12H17ClN2O2S/c1-12(2)6-7-15(8-12)18(16,17)11-9(13)4-3-5-10(11)14/h3-5H,6-8,14H2,1-2H3. The Kier molecular flexibility index (Phi) is 3.34. The maximum atomic E-state index is 12.5. The molecule has 4 nitrogen and oxygen atoms in total. The smallest absolute Gasteiger partial charge is 0.246 e. The van der Waals surface area contributed by atoms with E-state index in [0.29, 0.717) is 13.1 Å². The van der Waals surface area contributed by atoms with Crippen molar-refractivity contribution < 1.29 is 8.42 Å². The van der Waals surface area contributed by atoms with Crippen LogP contribution in [-0.4, -0.2) is 25.8 Å². The van der Waals surface area contributed by atoms with Gasteiger partial charge in [0.05, 0.1) is 10.7 Å². The maximum Gasteiger partial charge on any atom is 0.246 e. The van der Waals surface area contributed by atoms with E-state index in [4.69, 9.17) is 17.3 Å². The molecule has 1 heterocycles. The molecule has 1 aromatic carbocycles. The second-order valence-electron chi connectivity index (χ2n) is 5.41. The molecular formula is C12H17ClN2O2S. The summed E-state index contributed by atoms with van der Waals surface area (Å²) in [4.78, 5) is 0.0318. The summed E-state index contributed by atoms with van der Waals surface area (Å²) in [5, 5.41) is 0.180. The van der Waals surface area contributed by atoms with Crippen molar-refractivity contribution >= 4 is 27.3 Å². The fraction of sp³-hybridized carbons (Fsp3) is 0.500. The Bertz CT molecular complexity index is 549. The first kappa shape index (κ1) is 13.6. The van der Waals surface area contributed by atoms with Crippen LogP contribution in [0.4, 0.5) is 5.69 Å². The van der Waals surface area contributed by atoms with Crippen molar-refractivity contribution in [1.82, 2.24) is 4.31 Å². The van der Waals surface area contributed by atoms with Gasteiger partial charge >= 0.3 is 0 Å². The molecule has 0 atom stereocenters. The predicted octanol–water partition coefficient (Wildman–Crippen LogP) is 2.34. The van der Waals surface area contributed by atoms with Gasteiger partial charge in [0, 0.05) is 13.1 Å². The first-order valence-electron chi connectivity index (χ1n) is 5.78. The van der Waals surface area contributed by atoms with Crippen molar-refractivity contribution in [2.24, 2.45) is 5.41 Å². The quantitative estimate of drug-likeness (QED) is 0.850. The molecule has 1 fully saturated rings. The molecule has 1 aliphatic rings. The summed E-state index contributed by atoms with van der Waals surface area (Å²) in [6, 6.07) is 4.75. The van der Waals surface area contributed by atoms with Crippen LogP contribution >= 0.6 is 11.6 Å². The third kappa shape index (κ3) is 2.35. The Balaban J connectivity index is 2.44. The van der Waals surface area contributed by atoms with Gasteiger partial charge in [-0.25, -0.2) is 8.42 Å². The van der Waals surface area contributed by atoms with Crippen LogP contribution in [0.25, 0.3) is 0 Å². The molecule has 1 aliphatic heterocycles. The van der Waals surface area contributed by atoms with Crippen LogP contribution in [0, 0.1) is 5.41 Å². The van der Waals surface area contributed by atoms with Crippen LogP contribution in [0.2, 0.25) is 5.02 Å². The van der Waals surface area contributed by atoms with E-state index in [-0.39, 0.29) is 21.0 Å². The van der Waals surface area contributed by atoms with E-state index in [2.05, 4.69) is 13.8 Å². The summed E-state index contributed by atoms with van der Waals surface area (Å²) >= 11 is 5.98. The van der Waals surface area contributed by atoms with Gasteiger partial charge in [-0.05, 0) is 24.0 Å². The van der Waals surface area contributed by atoms with Gasteiger partial charge < -0.3 is 5.73 Å². The van der Waals surface area contributed by atoms with Gasteiger partial charge in [0.1, 0.15) is 4.90 Å². The maximum absolute atomic E-state index is 12.5. The van der Waals surface area contributed by atoms with Gasteiger partial charge in [0.2, 0.25) is 10.0 Å². The van der Waals surface area contributed by atoms with E-state index in [0.717, 1.165) is 6.42 Å². The molecule has 18 heavy (non-hydrogen) atoms. The van der Waals surface area contributed by atoms with E-state index in [1.807, 2.05) is 0 Å². The lowest BCUT2D eigenvalue weighted by molar-refractivity contribution is 0.375. The first-order chi connectivity index (χ1) is 8.24. The fourth-order valence-electron chi connectivity index (χ4n) is 2.19. The zero-order valence-electron chi connectivity index (χ0n) is 10.5. The van der Waals surface area contributed by atoms with Gasteiger partial charge in [0.25, 0.3) is 0 Å². The largest absolute Gasteiger partial charge is 0.398 e. The third-order valence-electron chi connectivity index (χ3n) is 3.24. The number of nitrogen functional groups attached to an aromatic ring is 1. The first-order valence-corrected chi connectivity index (χ1v) is 7.60. The van der Waals surface area contributed by atoms with Gasteiger partial charge in [-0.15, -0.1) is 0 Å². The lowest BCUT2D eigenvalue weighted by Gasteiger charge is -2.21. The molecule has 0 unspecified atom stereocenters. The molecule has 100 valence electrons. The van der Waals surface area contributed by atoms with Crippen LogP contribution in [0.5, 0.6) is 0 Å². The summed E-state index contributed by atoms with van der Waals surface area (Å²) in [7, 11) is -3.59. The van der Waals surface area contributed by atoms with Crippen LogP contribution in [0.15, 0.2) is 23.1 Å². The van der Waals surface area contributed by atoms with Crippen LogP contribution in [0.3, 0.4) is 0 Å². The Morgan fingerprint density at radius 2 is 2.06 bits per heavy atom. The van der Waals surface area contributed by atoms with Crippen molar-refractivity contribution in [1.29, 1.82) is 0 Å². The number of hydrogen-bond acceptors (Lipinski definition) is 3. The van der Waals surface area contributed by atoms with Crippen molar-refractivity contribution in [3.05, 3.63) is 23.2 Å². The number of sulfonamides is 1. The molecular weight excluding hydrogens is 272 g/mol. The molecule has 0 saturated carbocycles. The Labute approximate surface area is 113 Å². The summed E-state index contributed by atoms with van der Waals surface area (Å²) in [6.45, 7) is 5.12. The highest BCUT2D eigenvalue weighted by atomic mass is 35.5. The fourth-order valence-corrected chi connectivity index (χ4v) is 4.46. The average Bonchev–Trinajstić information content (AvgIpc) is 2.59. The predicted molar refractivity (Wildman–Crippen MR) is 73.0 cm³/mol. The third-order valence-corrected chi connectivity index (χ3v) is 5.63. The minimum atomic E-state index is -3.59. The Morgan fingerprint density at radius 1 is 1.39 bits per heavy atom. The van der Waals surface area contributed by atoms with Gasteiger partial charge in [0.15, 0.2) is 0 Å². The van der Waals surface area contributed by atoms with E-state index in [9.17, 15) is 8.42 Å². The van der Waals surface area contributed by atoms with E-state index >= 15 is 0 Å². The molecule has 0 aromatic heterocycles. The lowest BCUT2D eigenvalue weighted by Crippen LogP contribution is -2.31. The highest BCUT2D eigenvalue weighted by molar-refractivity contribution is 7.89. The minimum absolute atomic E-state index is 0.00306. The second-order valence-corrected chi connectivity index (χ2v) is 7.69. The number of nitrogens with zero attached hydrogens (tertiary/aromatic N) is 1. The topological polar surface area (TPSA) is 63.4 Å². The lowest BCUT2D eigenvalue weighted by atomic mass is 9.93. The molecule has 0 aliphatic carbocycles. The minimum Gasteiger partial charge on any atom is -0.398 e. The van der Waals surface area contributed by atoms with E-state index < -0.39 is 10.0 Å². The number of hydrogen-bond donors (Lipinski definition) is 1. The van der Waals surface area contributed by atoms with E-state index in [1.54, 1.807) is 18.2 Å². The molecule has 0 spiro atoms. The summed E-state index contributed by atoms with van der Waals surface area (Å²) in [5.41, 5.74) is 5.96. The van der Waals surface area contributed by atoms with Crippen LogP contribution in [0.1, 0.15) is 20.3 Å². The molecule has 2 rings (SSSR count). The number of halogens is 1. The number of rotatable bonds is 2. The number of benzene rings is 1. The SMILES string of the molecule is CC1(C)CCN(S(=O)(=O)c2c(N)cccc2Cl)C1. The average molecular weight is 289 g/mol. The molecule has 6 heteroatoms. The van der Waals surface area contributed by atoms with Crippen molar-refractivity contribution in [2.45, 2.75) is 25.2 Å². The monoisotopic (exact) mass is 288 g/mol. The second kappa shape index (κ2) is 4.40. The highest BCUT2D eigenvalue weighted by Gasteiger charge is 2.38. The van der Waals surface area contributed by atoms with E-state index in [1.165, 1.54) is 4.31 Å². The Morgan fingerprint density at radius 3 is 2.56 bits per heavy atom. The molecule has 1 saturated heterocycles. The van der Waals surface area contributed by atoms with Gasteiger partial charge in [-0.2, -0.15) is 4.31 Å². The van der Waals surface area contributed by atoms with Crippen molar-refractivity contribution in [2.75, 3.05) is 18.8 Å². The Hall–Kier alpha value is -0.780. The number of anilines is 1. The normalized spacial score (nSPS) is 20.2. The van der Waals surface area contributed by atoms with Crippen LogP contribution in [-0.2, 0) is 10.0 Å². The summed E-state index contributed by atoms with van der Waals surface area (Å²) in [5.74, 6) is 0. The van der Waals surface area contributed by atoms with Crippen LogP contribution < -0.4 is 5.73 Å². The van der Waals surface area contributed by atoms with Gasteiger partial charge in [-0.1, -0.05) is 31.5 Å². The zero-order valence-corrected chi connectivity index (χ0v) is 12.1. The van der Waals surface area contributed by atoms with Crippen molar-refractivity contribution in [3.8, 4) is 0 Å². The molecule has 0 bridgehead atoms. The summed E-state index contributed by atoms with van der Waals surface area (Å²) in [6.07, 6.45) is 0.844. The molecule has 0 radical (unpaired) electrons. The number of nitrogens with two attached hydrogens (primary N) is 1. The molecule has 2 N–H and O–H groups in total.